The first-order chi connectivity index (χ1) is 15.4. The molecule has 0 bridgehead atoms. The quantitative estimate of drug-likeness (QED) is 0.592. The average molecular weight is 437 g/mol. The van der Waals surface area contributed by atoms with Crippen molar-refractivity contribution in [3.63, 3.8) is 0 Å². The lowest BCUT2D eigenvalue weighted by molar-refractivity contribution is -0.227. The van der Waals surface area contributed by atoms with E-state index in [1.54, 1.807) is 24.4 Å². The molecule has 0 amide bonds. The van der Waals surface area contributed by atoms with Crippen LogP contribution < -0.4 is 4.74 Å². The van der Waals surface area contributed by atoms with Gasteiger partial charge >= 0.3 is 6.01 Å². The average Bonchev–Trinajstić information content (AvgIpc) is 3.55. The molecule has 3 heterocycles. The summed E-state index contributed by atoms with van der Waals surface area (Å²) in [6, 6.07) is 8.25. The first-order valence-corrected chi connectivity index (χ1v) is 10.9. The van der Waals surface area contributed by atoms with Gasteiger partial charge in [0, 0.05) is 17.2 Å². The predicted octanol–water partition coefficient (Wildman–Crippen LogP) is 4.88. The summed E-state index contributed by atoms with van der Waals surface area (Å²) in [5.41, 5.74) is 2.64. The molecule has 0 spiro atoms. The van der Waals surface area contributed by atoms with Gasteiger partial charge in [0.25, 0.3) is 0 Å². The van der Waals surface area contributed by atoms with E-state index in [1.807, 2.05) is 13.8 Å². The van der Waals surface area contributed by atoms with E-state index in [-0.39, 0.29) is 23.3 Å². The fourth-order valence-electron chi connectivity index (χ4n) is 3.89. The van der Waals surface area contributed by atoms with Crippen LogP contribution in [0, 0.1) is 17.2 Å². The molecule has 7 nitrogen and oxygen atoms in total. The number of aromatic nitrogens is 4. The number of benzene rings is 1. The Morgan fingerprint density at radius 3 is 2.47 bits per heavy atom. The summed E-state index contributed by atoms with van der Waals surface area (Å²) in [5.74, 6) is 1.74. The Labute approximate surface area is 186 Å². The molecular weight excluding hydrogens is 411 g/mol. The summed E-state index contributed by atoms with van der Waals surface area (Å²) in [6.07, 6.45) is 3.29. The highest BCUT2D eigenvalue weighted by atomic mass is 19.1. The SMILES string of the molecule is CC(C)Oc1nccc(-c2[nH]c(C3OCC(C)([C]4CC4)CO3)nc2-c2ccc(F)cc2)n1. The zero-order valence-corrected chi connectivity index (χ0v) is 18.4. The molecular formula is C24H26FN4O3. The van der Waals surface area contributed by atoms with Gasteiger partial charge in [0.2, 0.25) is 6.29 Å². The first kappa shape index (κ1) is 21.0. The Morgan fingerprint density at radius 2 is 1.81 bits per heavy atom. The zero-order valence-electron chi connectivity index (χ0n) is 18.4. The van der Waals surface area contributed by atoms with Gasteiger partial charge in [0.1, 0.15) is 5.82 Å². The number of halogens is 1. The van der Waals surface area contributed by atoms with E-state index in [2.05, 4.69) is 21.9 Å². The first-order valence-electron chi connectivity index (χ1n) is 10.9. The number of nitrogens with zero attached hydrogens (tertiary/aromatic N) is 3. The third-order valence-corrected chi connectivity index (χ3v) is 5.75. The number of aromatic amines is 1. The van der Waals surface area contributed by atoms with Crippen LogP contribution in [0.2, 0.25) is 0 Å². The molecule has 0 atom stereocenters. The van der Waals surface area contributed by atoms with Crippen LogP contribution >= 0.6 is 0 Å². The monoisotopic (exact) mass is 437 g/mol. The summed E-state index contributed by atoms with van der Waals surface area (Å²) in [7, 11) is 0. The van der Waals surface area contributed by atoms with Gasteiger partial charge in [-0.3, -0.25) is 0 Å². The van der Waals surface area contributed by atoms with Crippen molar-refractivity contribution in [3.05, 3.63) is 54.1 Å². The number of ether oxygens (including phenoxy) is 3. The molecule has 2 fully saturated rings. The highest BCUT2D eigenvalue weighted by Gasteiger charge is 2.46. The summed E-state index contributed by atoms with van der Waals surface area (Å²) in [5, 5.41) is 0. The van der Waals surface area contributed by atoms with Crippen LogP contribution in [0.25, 0.3) is 22.6 Å². The molecule has 3 aromatic rings. The summed E-state index contributed by atoms with van der Waals surface area (Å²) in [4.78, 5) is 16.8. The molecule has 1 radical (unpaired) electrons. The molecule has 2 aliphatic rings. The number of H-pyrrole nitrogens is 1. The molecule has 0 unspecified atom stereocenters. The van der Waals surface area contributed by atoms with Crippen LogP contribution in [-0.4, -0.2) is 39.3 Å². The van der Waals surface area contributed by atoms with Crippen molar-refractivity contribution < 1.29 is 18.6 Å². The van der Waals surface area contributed by atoms with Gasteiger partial charge in [0.05, 0.1) is 36.4 Å². The van der Waals surface area contributed by atoms with E-state index in [1.165, 1.54) is 18.1 Å². The van der Waals surface area contributed by atoms with Crippen molar-refractivity contribution in [2.45, 2.75) is 46.0 Å². The smallest absolute Gasteiger partial charge is 0.317 e. The van der Waals surface area contributed by atoms with E-state index in [9.17, 15) is 4.39 Å². The highest BCUT2D eigenvalue weighted by Crippen LogP contribution is 2.50. The van der Waals surface area contributed by atoms with Crippen molar-refractivity contribution in [3.8, 4) is 28.7 Å². The Kier molecular flexibility index (Phi) is 5.43. The van der Waals surface area contributed by atoms with Gasteiger partial charge in [-0.2, -0.15) is 4.98 Å². The van der Waals surface area contributed by atoms with Gasteiger partial charge in [-0.1, -0.05) is 6.92 Å². The fraction of sp³-hybridized carbons (Fsp3) is 0.417. The van der Waals surface area contributed by atoms with Crippen LogP contribution in [0.15, 0.2) is 36.5 Å². The minimum atomic E-state index is -0.608. The summed E-state index contributed by atoms with van der Waals surface area (Å²) in [6.45, 7) is 7.20. The molecule has 8 heteroatoms. The van der Waals surface area contributed by atoms with Gasteiger partial charge in [-0.05, 0) is 62.9 Å². The van der Waals surface area contributed by atoms with Gasteiger partial charge in [-0.25, -0.2) is 14.4 Å². The lowest BCUT2D eigenvalue weighted by Gasteiger charge is -2.36. The molecule has 1 saturated heterocycles. The second-order valence-corrected chi connectivity index (χ2v) is 8.86. The highest BCUT2D eigenvalue weighted by molar-refractivity contribution is 5.76. The maximum Gasteiger partial charge on any atom is 0.317 e. The fourth-order valence-corrected chi connectivity index (χ4v) is 3.89. The van der Waals surface area contributed by atoms with Crippen molar-refractivity contribution in [2.75, 3.05) is 13.2 Å². The van der Waals surface area contributed by atoms with Crippen molar-refractivity contribution >= 4 is 0 Å². The Balaban J connectivity index is 1.49. The third kappa shape index (κ3) is 4.25. The molecule has 32 heavy (non-hydrogen) atoms. The molecule has 1 saturated carbocycles. The van der Waals surface area contributed by atoms with Crippen molar-refractivity contribution in [1.82, 2.24) is 19.9 Å². The molecule has 5 rings (SSSR count). The third-order valence-electron chi connectivity index (χ3n) is 5.75. The van der Waals surface area contributed by atoms with Crippen molar-refractivity contribution in [1.29, 1.82) is 0 Å². The Bertz CT molecular complexity index is 1090. The minimum absolute atomic E-state index is 0.0263. The van der Waals surface area contributed by atoms with E-state index in [0.717, 1.165) is 18.4 Å². The van der Waals surface area contributed by atoms with Gasteiger partial charge in [-0.15, -0.1) is 0 Å². The summed E-state index contributed by atoms with van der Waals surface area (Å²) < 4.78 is 31.3. The van der Waals surface area contributed by atoms with Crippen LogP contribution in [0.1, 0.15) is 45.7 Å². The molecule has 2 aromatic heterocycles. The number of nitrogens with one attached hydrogen (secondary N) is 1. The molecule has 1 aromatic carbocycles. The van der Waals surface area contributed by atoms with E-state index in [4.69, 9.17) is 19.2 Å². The van der Waals surface area contributed by atoms with Gasteiger partial charge < -0.3 is 19.2 Å². The number of rotatable bonds is 6. The second-order valence-electron chi connectivity index (χ2n) is 8.86. The lowest BCUT2D eigenvalue weighted by Crippen LogP contribution is -2.37. The van der Waals surface area contributed by atoms with Crippen molar-refractivity contribution in [2.24, 2.45) is 5.41 Å². The maximum absolute atomic E-state index is 13.5. The topological polar surface area (TPSA) is 82.2 Å². The number of hydrogen-bond donors (Lipinski definition) is 1. The lowest BCUT2D eigenvalue weighted by atomic mass is 9.86. The standard InChI is InChI=1S/C24H26FN4O3/c1-14(2)32-23-26-11-10-18(27-23)20-19(15-4-8-17(25)9-5-15)28-21(29-20)22-30-12-24(3,13-31-22)16-6-7-16/h4-5,8-11,14,22H,6-7,12-13H2,1-3H3,(H,28,29). The largest absolute Gasteiger partial charge is 0.461 e. The van der Waals surface area contributed by atoms with E-state index in [0.29, 0.717) is 36.1 Å². The predicted molar refractivity (Wildman–Crippen MR) is 116 cm³/mol. The molecule has 1 N–H and O–H groups in total. The number of imidazole rings is 1. The molecule has 1 aliphatic heterocycles. The minimum Gasteiger partial charge on any atom is -0.461 e. The Morgan fingerprint density at radius 1 is 1.09 bits per heavy atom. The van der Waals surface area contributed by atoms with E-state index >= 15 is 0 Å². The van der Waals surface area contributed by atoms with Crippen LogP contribution in [-0.2, 0) is 9.47 Å². The van der Waals surface area contributed by atoms with Crippen LogP contribution in [0.3, 0.4) is 0 Å². The summed E-state index contributed by atoms with van der Waals surface area (Å²) >= 11 is 0. The Hall–Kier alpha value is -2.84. The molecule has 167 valence electrons. The van der Waals surface area contributed by atoms with Crippen LogP contribution in [0.4, 0.5) is 4.39 Å². The number of hydrogen-bond acceptors (Lipinski definition) is 6. The normalized spacial score (nSPS) is 23.5. The van der Waals surface area contributed by atoms with Crippen LogP contribution in [0.5, 0.6) is 6.01 Å². The second kappa shape index (κ2) is 8.26. The van der Waals surface area contributed by atoms with E-state index < -0.39 is 6.29 Å². The zero-order chi connectivity index (χ0) is 22.3. The maximum atomic E-state index is 13.5. The van der Waals surface area contributed by atoms with Gasteiger partial charge in [0.15, 0.2) is 5.82 Å². The molecule has 1 aliphatic carbocycles.